The first kappa shape index (κ1) is 11.3. The largest absolute Gasteiger partial charge is 0.508 e. The molecule has 0 saturated carbocycles. The molecule has 0 aliphatic heterocycles. The number of nitrogens with two attached hydrogens (primary N) is 1. The van der Waals surface area contributed by atoms with Crippen LogP contribution in [0, 0.1) is 0 Å². The lowest BCUT2D eigenvalue weighted by atomic mass is 10.2. The maximum Gasteiger partial charge on any atom is 0.159 e. The standard InChI is InChI=1S/C12H14N4O/c1-16(10-3-2-4-11(17)7-10)12-9(8-13)5-6-14-15-12/h2-7,17H,8,13H2,1H3. The van der Waals surface area contributed by atoms with Crippen LogP contribution in [0.15, 0.2) is 36.5 Å². The molecule has 0 saturated heterocycles. The van der Waals surface area contributed by atoms with Crippen molar-refractivity contribution in [1.82, 2.24) is 10.2 Å². The van der Waals surface area contributed by atoms with E-state index >= 15 is 0 Å². The van der Waals surface area contributed by atoms with Gasteiger partial charge in [0.2, 0.25) is 0 Å². The Labute approximate surface area is 99.5 Å². The van der Waals surface area contributed by atoms with E-state index in [1.165, 1.54) is 0 Å². The Hall–Kier alpha value is -2.14. The molecule has 0 spiro atoms. The van der Waals surface area contributed by atoms with Crippen molar-refractivity contribution in [2.24, 2.45) is 5.73 Å². The molecule has 2 aromatic rings. The van der Waals surface area contributed by atoms with Crippen LogP contribution in [0.5, 0.6) is 5.75 Å². The number of aromatic nitrogens is 2. The number of aromatic hydroxyl groups is 1. The van der Waals surface area contributed by atoms with Crippen molar-refractivity contribution in [2.45, 2.75) is 6.54 Å². The van der Waals surface area contributed by atoms with Crippen LogP contribution in [0.25, 0.3) is 0 Å². The molecule has 88 valence electrons. The van der Waals surface area contributed by atoms with Crippen molar-refractivity contribution >= 4 is 11.5 Å². The Balaban J connectivity index is 2.40. The van der Waals surface area contributed by atoms with E-state index in [-0.39, 0.29) is 5.75 Å². The molecule has 5 nitrogen and oxygen atoms in total. The maximum absolute atomic E-state index is 9.45. The lowest BCUT2D eigenvalue weighted by Gasteiger charge is -2.20. The van der Waals surface area contributed by atoms with E-state index in [4.69, 9.17) is 5.73 Å². The van der Waals surface area contributed by atoms with E-state index < -0.39 is 0 Å². The second-order valence-corrected chi connectivity index (χ2v) is 3.66. The van der Waals surface area contributed by atoms with Gasteiger partial charge in [-0.25, -0.2) is 0 Å². The van der Waals surface area contributed by atoms with Crippen molar-refractivity contribution < 1.29 is 5.11 Å². The fourth-order valence-corrected chi connectivity index (χ4v) is 1.62. The van der Waals surface area contributed by atoms with Gasteiger partial charge in [-0.05, 0) is 18.2 Å². The van der Waals surface area contributed by atoms with Gasteiger partial charge < -0.3 is 15.7 Å². The van der Waals surface area contributed by atoms with E-state index in [2.05, 4.69) is 10.2 Å². The molecule has 0 bridgehead atoms. The van der Waals surface area contributed by atoms with E-state index in [0.29, 0.717) is 12.4 Å². The van der Waals surface area contributed by atoms with Gasteiger partial charge in [0.1, 0.15) is 5.75 Å². The highest BCUT2D eigenvalue weighted by molar-refractivity contribution is 5.62. The minimum absolute atomic E-state index is 0.215. The summed E-state index contributed by atoms with van der Waals surface area (Å²) in [6, 6.07) is 8.78. The minimum atomic E-state index is 0.215. The summed E-state index contributed by atoms with van der Waals surface area (Å²) < 4.78 is 0. The highest BCUT2D eigenvalue weighted by Gasteiger charge is 2.10. The highest BCUT2D eigenvalue weighted by atomic mass is 16.3. The number of phenolic OH excluding ortho intramolecular Hbond substituents is 1. The zero-order valence-electron chi connectivity index (χ0n) is 9.54. The van der Waals surface area contributed by atoms with Crippen LogP contribution in [0.2, 0.25) is 0 Å². The zero-order chi connectivity index (χ0) is 12.3. The van der Waals surface area contributed by atoms with Gasteiger partial charge in [-0.2, -0.15) is 5.10 Å². The summed E-state index contributed by atoms with van der Waals surface area (Å²) in [7, 11) is 1.86. The van der Waals surface area contributed by atoms with E-state index in [9.17, 15) is 5.11 Å². The monoisotopic (exact) mass is 230 g/mol. The third-order valence-corrected chi connectivity index (χ3v) is 2.54. The summed E-state index contributed by atoms with van der Waals surface area (Å²) in [5, 5.41) is 17.4. The average molecular weight is 230 g/mol. The average Bonchev–Trinajstić information content (AvgIpc) is 2.38. The summed E-state index contributed by atoms with van der Waals surface area (Å²) in [6.45, 7) is 0.397. The summed E-state index contributed by atoms with van der Waals surface area (Å²) in [5.74, 6) is 0.910. The lowest BCUT2D eigenvalue weighted by Crippen LogP contribution is -2.15. The fraction of sp³-hybridized carbons (Fsp3) is 0.167. The highest BCUT2D eigenvalue weighted by Crippen LogP contribution is 2.26. The van der Waals surface area contributed by atoms with Gasteiger partial charge in [0.05, 0.1) is 6.20 Å². The third kappa shape index (κ3) is 2.34. The molecular weight excluding hydrogens is 216 g/mol. The Morgan fingerprint density at radius 3 is 2.88 bits per heavy atom. The fourth-order valence-electron chi connectivity index (χ4n) is 1.62. The molecule has 3 N–H and O–H groups in total. The number of hydrogen-bond acceptors (Lipinski definition) is 5. The smallest absolute Gasteiger partial charge is 0.159 e. The maximum atomic E-state index is 9.45. The first-order chi connectivity index (χ1) is 8.22. The molecule has 0 atom stereocenters. The Morgan fingerprint density at radius 1 is 1.35 bits per heavy atom. The molecule has 0 unspecified atom stereocenters. The summed E-state index contributed by atoms with van der Waals surface area (Å²) in [4.78, 5) is 1.84. The molecule has 1 heterocycles. The normalized spacial score (nSPS) is 10.2. The summed E-state index contributed by atoms with van der Waals surface area (Å²) in [5.41, 5.74) is 7.39. The molecular formula is C12H14N4O. The van der Waals surface area contributed by atoms with Crippen LogP contribution in [-0.4, -0.2) is 22.4 Å². The van der Waals surface area contributed by atoms with Crippen LogP contribution >= 0.6 is 0 Å². The van der Waals surface area contributed by atoms with Crippen molar-refractivity contribution in [3.8, 4) is 5.75 Å². The van der Waals surface area contributed by atoms with Crippen LogP contribution in [0.1, 0.15) is 5.56 Å². The summed E-state index contributed by atoms with van der Waals surface area (Å²) in [6.07, 6.45) is 1.61. The lowest BCUT2D eigenvalue weighted by molar-refractivity contribution is 0.475. The van der Waals surface area contributed by atoms with Gasteiger partial charge in [-0.3, -0.25) is 0 Å². The van der Waals surface area contributed by atoms with Gasteiger partial charge in [0.15, 0.2) is 5.82 Å². The molecule has 1 aromatic carbocycles. The molecule has 0 fully saturated rings. The van der Waals surface area contributed by atoms with Crippen molar-refractivity contribution in [1.29, 1.82) is 0 Å². The SMILES string of the molecule is CN(c1cccc(O)c1)c1nnccc1CN. The topological polar surface area (TPSA) is 75.3 Å². The van der Waals surface area contributed by atoms with Crippen LogP contribution in [0.3, 0.4) is 0 Å². The molecule has 2 rings (SSSR count). The number of hydrogen-bond donors (Lipinski definition) is 2. The van der Waals surface area contributed by atoms with Crippen LogP contribution in [-0.2, 0) is 6.54 Å². The quantitative estimate of drug-likeness (QED) is 0.833. The molecule has 1 aromatic heterocycles. The molecule has 17 heavy (non-hydrogen) atoms. The van der Waals surface area contributed by atoms with Crippen molar-refractivity contribution in [3.05, 3.63) is 42.1 Å². The molecule has 5 heteroatoms. The van der Waals surface area contributed by atoms with E-state index in [0.717, 1.165) is 11.3 Å². The predicted octanol–water partition coefficient (Wildman–Crippen LogP) is 1.41. The van der Waals surface area contributed by atoms with Crippen molar-refractivity contribution in [3.63, 3.8) is 0 Å². The zero-order valence-corrected chi connectivity index (χ0v) is 9.54. The first-order valence-electron chi connectivity index (χ1n) is 5.26. The summed E-state index contributed by atoms with van der Waals surface area (Å²) >= 11 is 0. The van der Waals surface area contributed by atoms with E-state index in [1.807, 2.05) is 24.1 Å². The number of nitrogens with zero attached hydrogens (tertiary/aromatic N) is 3. The van der Waals surface area contributed by atoms with Gasteiger partial charge in [0, 0.05) is 30.9 Å². The number of phenols is 1. The van der Waals surface area contributed by atoms with Gasteiger partial charge in [0.25, 0.3) is 0 Å². The third-order valence-electron chi connectivity index (χ3n) is 2.54. The second kappa shape index (κ2) is 4.80. The van der Waals surface area contributed by atoms with Gasteiger partial charge in [-0.15, -0.1) is 5.10 Å². The van der Waals surface area contributed by atoms with Crippen molar-refractivity contribution in [2.75, 3.05) is 11.9 Å². The van der Waals surface area contributed by atoms with Gasteiger partial charge >= 0.3 is 0 Å². The van der Waals surface area contributed by atoms with E-state index in [1.54, 1.807) is 24.4 Å². The van der Waals surface area contributed by atoms with Crippen LogP contribution in [0.4, 0.5) is 11.5 Å². The Morgan fingerprint density at radius 2 is 2.18 bits per heavy atom. The second-order valence-electron chi connectivity index (χ2n) is 3.66. The molecule has 0 radical (unpaired) electrons. The Bertz CT molecular complexity index is 515. The number of rotatable bonds is 3. The minimum Gasteiger partial charge on any atom is -0.508 e. The first-order valence-corrected chi connectivity index (χ1v) is 5.26. The molecule has 0 amide bonds. The van der Waals surface area contributed by atoms with Crippen LogP contribution < -0.4 is 10.6 Å². The van der Waals surface area contributed by atoms with Gasteiger partial charge in [-0.1, -0.05) is 6.07 Å². The number of anilines is 2. The molecule has 0 aliphatic rings. The predicted molar refractivity (Wildman–Crippen MR) is 66.1 cm³/mol. The Kier molecular flexibility index (Phi) is 3.20. The number of benzene rings is 1. The molecule has 0 aliphatic carbocycles.